The summed E-state index contributed by atoms with van der Waals surface area (Å²) in [5.41, 5.74) is 4.65. The highest BCUT2D eigenvalue weighted by Crippen LogP contribution is 2.34. The SMILES string of the molecule is C#CC.C1=C\Cc2nc(nc3[nH]c(nc4nc(nc5[nH]c(n2)c2ccccc52)-c2ccccc2-4)c2ccccc32)C\C=C/1. The van der Waals surface area contributed by atoms with E-state index >= 15 is 0 Å². The van der Waals surface area contributed by atoms with Crippen LogP contribution in [-0.2, 0) is 12.8 Å². The Balaban J connectivity index is 0.000000963. The van der Waals surface area contributed by atoms with Crippen molar-refractivity contribution in [1.82, 2.24) is 39.9 Å². The summed E-state index contributed by atoms with van der Waals surface area (Å²) in [6.45, 7) is 1.65. The monoisotopic (exact) mass is 558 g/mol. The third-order valence-corrected chi connectivity index (χ3v) is 7.13. The number of rotatable bonds is 0. The molecule has 3 aromatic carbocycles. The van der Waals surface area contributed by atoms with E-state index in [9.17, 15) is 0 Å². The van der Waals surface area contributed by atoms with Crippen LogP contribution in [0.15, 0.2) is 97.1 Å². The molecule has 6 aromatic rings. The second-order valence-corrected chi connectivity index (χ2v) is 9.98. The number of nitrogens with one attached hydrogen (secondary N) is 2. The molecule has 8 nitrogen and oxygen atoms in total. The molecule has 8 heteroatoms. The molecule has 8 rings (SSSR count). The fraction of sp³-hybridized carbons (Fsp3) is 0.0857. The zero-order valence-electron chi connectivity index (χ0n) is 23.4. The minimum Gasteiger partial charge on any atom is -0.324 e. The van der Waals surface area contributed by atoms with Crippen LogP contribution in [0.3, 0.4) is 0 Å². The van der Waals surface area contributed by atoms with Gasteiger partial charge in [0.15, 0.2) is 11.6 Å². The van der Waals surface area contributed by atoms with Crippen LogP contribution < -0.4 is 0 Å². The van der Waals surface area contributed by atoms with Gasteiger partial charge >= 0.3 is 0 Å². The zero-order valence-corrected chi connectivity index (χ0v) is 23.4. The second kappa shape index (κ2) is 11.1. The maximum Gasteiger partial charge on any atom is 0.164 e. The van der Waals surface area contributed by atoms with Gasteiger partial charge in [0.1, 0.15) is 34.2 Å². The van der Waals surface area contributed by atoms with Crippen LogP contribution >= 0.6 is 0 Å². The molecular formula is C35H26N8. The lowest BCUT2D eigenvalue weighted by Crippen LogP contribution is -1.97. The topological polar surface area (TPSA) is 109 Å². The van der Waals surface area contributed by atoms with Crippen LogP contribution in [0.1, 0.15) is 18.6 Å². The number of fused-ring (bicyclic) bond motifs is 17. The number of terminal acetylenes is 1. The molecule has 0 saturated heterocycles. The summed E-state index contributed by atoms with van der Waals surface area (Å²) >= 11 is 0. The molecule has 2 aliphatic rings. The Labute approximate surface area is 247 Å². The number of hydrogen-bond donors (Lipinski definition) is 2. The maximum absolute atomic E-state index is 5.01. The Bertz CT molecular complexity index is 2130. The van der Waals surface area contributed by atoms with Crippen molar-refractivity contribution in [3.05, 3.63) is 109 Å². The summed E-state index contributed by atoms with van der Waals surface area (Å²) in [7, 11) is 0. The molecule has 0 spiro atoms. The smallest absolute Gasteiger partial charge is 0.164 e. The lowest BCUT2D eigenvalue weighted by Gasteiger charge is -1.96. The van der Waals surface area contributed by atoms with E-state index in [-0.39, 0.29) is 0 Å². The van der Waals surface area contributed by atoms with Crippen LogP contribution in [0.5, 0.6) is 0 Å². The fourth-order valence-corrected chi connectivity index (χ4v) is 5.26. The van der Waals surface area contributed by atoms with Crippen molar-refractivity contribution < 1.29 is 0 Å². The van der Waals surface area contributed by atoms with Gasteiger partial charge in [0.05, 0.1) is 0 Å². The van der Waals surface area contributed by atoms with Crippen LogP contribution in [-0.4, -0.2) is 39.9 Å². The molecule has 206 valence electrons. The van der Waals surface area contributed by atoms with Crippen molar-refractivity contribution in [3.63, 3.8) is 0 Å². The average molecular weight is 559 g/mol. The van der Waals surface area contributed by atoms with Gasteiger partial charge < -0.3 is 9.97 Å². The number of benzene rings is 3. The molecule has 43 heavy (non-hydrogen) atoms. The first kappa shape index (κ1) is 26.0. The van der Waals surface area contributed by atoms with Crippen molar-refractivity contribution in [2.45, 2.75) is 19.8 Å². The maximum atomic E-state index is 5.01. The van der Waals surface area contributed by atoms with Gasteiger partial charge in [0, 0.05) is 45.5 Å². The van der Waals surface area contributed by atoms with E-state index in [1.165, 1.54) is 0 Å². The summed E-state index contributed by atoms with van der Waals surface area (Å²) in [4.78, 5) is 36.8. The van der Waals surface area contributed by atoms with Crippen molar-refractivity contribution in [2.75, 3.05) is 0 Å². The molecule has 0 radical (unpaired) electrons. The number of nitrogens with zero attached hydrogens (tertiary/aromatic N) is 6. The Morgan fingerprint density at radius 2 is 0.907 bits per heavy atom. The van der Waals surface area contributed by atoms with Gasteiger partial charge in [-0.1, -0.05) is 97.1 Å². The van der Waals surface area contributed by atoms with E-state index in [2.05, 4.69) is 34.5 Å². The number of hydrogen-bond acceptors (Lipinski definition) is 6. The third-order valence-electron chi connectivity index (χ3n) is 7.13. The first-order valence-electron chi connectivity index (χ1n) is 14.0. The Hall–Kier alpha value is -5.94. The van der Waals surface area contributed by atoms with Crippen molar-refractivity contribution in [1.29, 1.82) is 0 Å². The largest absolute Gasteiger partial charge is 0.324 e. The van der Waals surface area contributed by atoms with E-state index in [0.29, 0.717) is 58.7 Å². The molecule has 0 fully saturated rings. The lowest BCUT2D eigenvalue weighted by atomic mass is 10.1. The first-order valence-corrected chi connectivity index (χ1v) is 14.0. The lowest BCUT2D eigenvalue weighted by molar-refractivity contribution is 0.932. The Kier molecular flexibility index (Phi) is 6.74. The standard InChI is InChI=1S/C32H22N8.C3H4/c1-2-4-18-26-33-25(17-3-1)34-27-19-11-5-7-13-21(19)29(36-27)38-31-23-15-9-10-16-24(23)32(40-31)39-30-22-14-8-6-12-20(22)28(35-26)37-30;1-3-2/h1-16H,17-18H2,(H2,33,34,35,36,37,38,39,40);1H,2H3/b3-1-,4-2-;. The number of aromatic amines is 2. The summed E-state index contributed by atoms with van der Waals surface area (Å²) in [6, 6.07) is 24.2. The number of H-pyrrole nitrogens is 2. The van der Waals surface area contributed by atoms with Crippen LogP contribution in [0.2, 0.25) is 0 Å². The van der Waals surface area contributed by atoms with Crippen LogP contribution in [0.4, 0.5) is 0 Å². The van der Waals surface area contributed by atoms with E-state index in [1.54, 1.807) is 6.92 Å². The van der Waals surface area contributed by atoms with Crippen molar-refractivity contribution in [3.8, 4) is 35.1 Å². The van der Waals surface area contributed by atoms with Gasteiger partial charge in [-0.2, -0.15) is 0 Å². The molecule has 0 unspecified atom stereocenters. The molecule has 0 atom stereocenters. The van der Waals surface area contributed by atoms with Gasteiger partial charge in [-0.25, -0.2) is 29.9 Å². The highest BCUT2D eigenvalue weighted by Gasteiger charge is 2.19. The minimum atomic E-state index is 0.563. The van der Waals surface area contributed by atoms with E-state index in [4.69, 9.17) is 29.9 Å². The molecule has 0 saturated carbocycles. The third kappa shape index (κ3) is 4.94. The van der Waals surface area contributed by atoms with Gasteiger partial charge in [-0.15, -0.1) is 12.3 Å². The Morgan fingerprint density at radius 3 is 1.33 bits per heavy atom. The molecular weight excluding hydrogens is 532 g/mol. The summed E-state index contributed by atoms with van der Waals surface area (Å²) in [5, 5.41) is 3.86. The predicted octanol–water partition coefficient (Wildman–Crippen LogP) is 7.07. The minimum absolute atomic E-state index is 0.563. The van der Waals surface area contributed by atoms with Gasteiger partial charge in [-0.3, -0.25) is 0 Å². The second-order valence-electron chi connectivity index (χ2n) is 9.98. The number of aromatic nitrogens is 8. The van der Waals surface area contributed by atoms with E-state index in [1.807, 2.05) is 84.9 Å². The zero-order chi connectivity index (χ0) is 29.2. The molecule has 2 aliphatic heterocycles. The summed E-state index contributed by atoms with van der Waals surface area (Å²) in [5.74, 6) is 4.77. The van der Waals surface area contributed by atoms with Gasteiger partial charge in [-0.05, 0) is 6.92 Å². The number of allylic oxidation sites excluding steroid dienone is 4. The highest BCUT2D eigenvalue weighted by atomic mass is 15.0. The molecule has 5 heterocycles. The van der Waals surface area contributed by atoms with E-state index in [0.717, 1.165) is 32.7 Å². The fourth-order valence-electron chi connectivity index (χ4n) is 5.26. The van der Waals surface area contributed by atoms with Gasteiger partial charge in [0.2, 0.25) is 0 Å². The van der Waals surface area contributed by atoms with Crippen molar-refractivity contribution >= 4 is 44.1 Å². The molecule has 2 N–H and O–H groups in total. The van der Waals surface area contributed by atoms with Crippen LogP contribution in [0.25, 0.3) is 66.9 Å². The van der Waals surface area contributed by atoms with Crippen molar-refractivity contribution in [2.24, 2.45) is 0 Å². The van der Waals surface area contributed by atoms with Crippen LogP contribution in [0, 0.1) is 12.3 Å². The molecule has 3 aromatic heterocycles. The predicted molar refractivity (Wildman–Crippen MR) is 172 cm³/mol. The van der Waals surface area contributed by atoms with Gasteiger partial charge in [0.25, 0.3) is 0 Å². The van der Waals surface area contributed by atoms with E-state index < -0.39 is 0 Å². The summed E-state index contributed by atoms with van der Waals surface area (Å²) < 4.78 is 0. The molecule has 0 aliphatic carbocycles. The quantitative estimate of drug-likeness (QED) is 0.193. The Morgan fingerprint density at radius 1 is 0.535 bits per heavy atom. The summed E-state index contributed by atoms with van der Waals surface area (Å²) in [6.07, 6.45) is 13.9. The normalized spacial score (nSPS) is 13.9. The molecule has 8 bridgehead atoms. The first-order chi connectivity index (χ1) is 21.2. The molecule has 0 amide bonds. The highest BCUT2D eigenvalue weighted by molar-refractivity contribution is 6.05. The average Bonchev–Trinajstić information content (AvgIpc) is 3.69.